The van der Waals surface area contributed by atoms with Crippen LogP contribution in [-0.2, 0) is 11.0 Å². The molecule has 2 rings (SSSR count). The largest absolute Gasteiger partial charge is 0.242 e. The van der Waals surface area contributed by atoms with Crippen LogP contribution < -0.4 is 0 Å². The normalized spacial score (nSPS) is 26.5. The summed E-state index contributed by atoms with van der Waals surface area (Å²) in [6, 6.07) is 8.59. The molecule has 0 radical (unpaired) electrons. The number of hydrogen-bond acceptors (Lipinski definition) is 1. The zero-order valence-electron chi connectivity index (χ0n) is 9.74. The van der Waals surface area contributed by atoms with E-state index in [0.29, 0.717) is 6.04 Å². The van der Waals surface area contributed by atoms with Crippen molar-refractivity contribution in [3.05, 3.63) is 34.3 Å². The monoisotopic (exact) mass is 301 g/mol. The number of rotatable bonds is 2. The molecule has 0 bridgehead atoms. The van der Waals surface area contributed by atoms with Crippen molar-refractivity contribution in [3.63, 3.8) is 0 Å². The number of nitrogens with zero attached hydrogens (tertiary/aromatic N) is 1. The lowest BCUT2D eigenvalue weighted by Gasteiger charge is -2.18. The van der Waals surface area contributed by atoms with Crippen LogP contribution in [0, 0.1) is 0 Å². The van der Waals surface area contributed by atoms with Gasteiger partial charge in [-0.25, -0.2) is 8.51 Å². The molecule has 88 valence electrons. The maximum absolute atomic E-state index is 12.1. The third-order valence-electron chi connectivity index (χ3n) is 2.56. The molecule has 1 aromatic carbocycles. The van der Waals surface area contributed by atoms with Crippen LogP contribution in [0.15, 0.2) is 28.7 Å². The average Bonchev–Trinajstić information content (AvgIpc) is 2.96. The molecule has 4 heteroatoms. The molecule has 16 heavy (non-hydrogen) atoms. The van der Waals surface area contributed by atoms with Crippen LogP contribution in [0.5, 0.6) is 0 Å². The summed E-state index contributed by atoms with van der Waals surface area (Å²) in [6.07, 6.45) is 0. The second-order valence-corrected chi connectivity index (χ2v) is 8.14. The molecule has 1 aromatic rings. The van der Waals surface area contributed by atoms with Crippen molar-refractivity contribution >= 4 is 26.9 Å². The first-order chi connectivity index (χ1) is 7.39. The van der Waals surface area contributed by atoms with Crippen LogP contribution in [0.25, 0.3) is 0 Å². The Bertz CT molecular complexity index is 410. The van der Waals surface area contributed by atoms with Crippen LogP contribution >= 0.6 is 15.9 Å². The first kappa shape index (κ1) is 12.3. The smallest absolute Gasteiger partial charge is 0.100 e. The van der Waals surface area contributed by atoms with Gasteiger partial charge in [0.15, 0.2) is 0 Å². The lowest BCUT2D eigenvalue weighted by atomic mass is 10.2. The Morgan fingerprint density at radius 1 is 1.31 bits per heavy atom. The van der Waals surface area contributed by atoms with Gasteiger partial charge in [-0.2, -0.15) is 0 Å². The van der Waals surface area contributed by atoms with Gasteiger partial charge in [-0.1, -0.05) is 28.1 Å². The fourth-order valence-corrected chi connectivity index (χ4v) is 3.21. The van der Waals surface area contributed by atoms with Gasteiger partial charge < -0.3 is 0 Å². The van der Waals surface area contributed by atoms with E-state index in [1.54, 1.807) is 0 Å². The van der Waals surface area contributed by atoms with Crippen molar-refractivity contribution in [3.8, 4) is 0 Å². The van der Waals surface area contributed by atoms with Crippen molar-refractivity contribution in [1.29, 1.82) is 0 Å². The van der Waals surface area contributed by atoms with E-state index in [0.717, 1.165) is 11.0 Å². The van der Waals surface area contributed by atoms with Crippen LogP contribution in [-0.4, -0.2) is 19.8 Å². The van der Waals surface area contributed by atoms with E-state index >= 15 is 0 Å². The van der Waals surface area contributed by atoms with E-state index < -0.39 is 11.0 Å². The van der Waals surface area contributed by atoms with Gasteiger partial charge in [0.1, 0.15) is 11.0 Å². The summed E-state index contributed by atoms with van der Waals surface area (Å²) in [7, 11) is -0.892. The average molecular weight is 302 g/mol. The van der Waals surface area contributed by atoms with Crippen LogP contribution in [0.1, 0.15) is 32.4 Å². The minimum Gasteiger partial charge on any atom is -0.242 e. The molecule has 0 aromatic heterocycles. The summed E-state index contributed by atoms with van der Waals surface area (Å²) in [4.78, 5) is 0. The van der Waals surface area contributed by atoms with E-state index in [-0.39, 0.29) is 4.75 Å². The van der Waals surface area contributed by atoms with E-state index in [1.165, 1.54) is 5.56 Å². The van der Waals surface area contributed by atoms with Crippen LogP contribution in [0.4, 0.5) is 0 Å². The van der Waals surface area contributed by atoms with E-state index in [2.05, 4.69) is 28.1 Å². The number of hydrogen-bond donors (Lipinski definition) is 0. The maximum atomic E-state index is 12.1. The van der Waals surface area contributed by atoms with Gasteiger partial charge in [0.05, 0.1) is 10.8 Å². The van der Waals surface area contributed by atoms with Crippen molar-refractivity contribution in [1.82, 2.24) is 4.31 Å². The second-order valence-electron chi connectivity index (χ2n) is 5.03. The summed E-state index contributed by atoms with van der Waals surface area (Å²) in [5.74, 6) is 0. The highest BCUT2D eigenvalue weighted by Gasteiger charge is 2.43. The Hall–Kier alpha value is -0.190. The molecule has 0 amide bonds. The maximum Gasteiger partial charge on any atom is 0.100 e. The highest BCUT2D eigenvalue weighted by atomic mass is 79.9. The topological polar surface area (TPSA) is 20.1 Å². The first-order valence-electron chi connectivity index (χ1n) is 5.34. The molecule has 2 nitrogen and oxygen atoms in total. The van der Waals surface area contributed by atoms with Crippen molar-refractivity contribution in [2.75, 3.05) is 6.54 Å². The SMILES string of the molecule is CC(C)(C)[S@@](=O)N1C[C@H]1c1ccc(Br)cc1. The molecule has 0 aliphatic carbocycles. The van der Waals surface area contributed by atoms with Crippen molar-refractivity contribution < 1.29 is 4.21 Å². The van der Waals surface area contributed by atoms with E-state index in [1.807, 2.05) is 37.2 Å². The fourth-order valence-electron chi connectivity index (χ4n) is 1.61. The van der Waals surface area contributed by atoms with E-state index in [9.17, 15) is 4.21 Å². The summed E-state index contributed by atoms with van der Waals surface area (Å²) in [6.45, 7) is 6.95. The minimum absolute atomic E-state index is 0.163. The molecule has 0 saturated carbocycles. The molecule has 1 aliphatic heterocycles. The van der Waals surface area contributed by atoms with Crippen LogP contribution in [0.2, 0.25) is 0 Å². The highest BCUT2D eigenvalue weighted by Crippen LogP contribution is 2.39. The molecular formula is C12H16BrNOS. The molecule has 1 heterocycles. The summed E-state index contributed by atoms with van der Waals surface area (Å²) < 4.78 is 15.1. The fraction of sp³-hybridized carbons (Fsp3) is 0.500. The van der Waals surface area contributed by atoms with Gasteiger partial charge in [0.25, 0.3) is 0 Å². The van der Waals surface area contributed by atoms with Gasteiger partial charge >= 0.3 is 0 Å². The quantitative estimate of drug-likeness (QED) is 0.768. The number of benzene rings is 1. The Kier molecular flexibility index (Phi) is 3.25. The third-order valence-corrected chi connectivity index (χ3v) is 4.96. The van der Waals surface area contributed by atoms with Gasteiger partial charge in [-0.3, -0.25) is 0 Å². The molecule has 0 spiro atoms. The Morgan fingerprint density at radius 2 is 1.88 bits per heavy atom. The first-order valence-corrected chi connectivity index (χ1v) is 7.23. The zero-order chi connectivity index (χ0) is 11.9. The molecule has 3 atom stereocenters. The van der Waals surface area contributed by atoms with Gasteiger partial charge in [0.2, 0.25) is 0 Å². The Morgan fingerprint density at radius 3 is 2.38 bits per heavy atom. The number of halogens is 1. The third kappa shape index (κ3) is 2.55. The summed E-state index contributed by atoms with van der Waals surface area (Å²) in [5, 5.41) is 0. The molecule has 1 unspecified atom stereocenters. The summed E-state index contributed by atoms with van der Waals surface area (Å²) in [5.41, 5.74) is 1.25. The zero-order valence-corrected chi connectivity index (χ0v) is 12.1. The van der Waals surface area contributed by atoms with Gasteiger partial charge in [-0.15, -0.1) is 0 Å². The van der Waals surface area contributed by atoms with Gasteiger partial charge in [0, 0.05) is 11.0 Å². The predicted octanol–water partition coefficient (Wildman–Crippen LogP) is 3.27. The molecular weight excluding hydrogens is 286 g/mol. The van der Waals surface area contributed by atoms with Crippen molar-refractivity contribution in [2.45, 2.75) is 31.6 Å². The molecule has 0 N–H and O–H groups in total. The van der Waals surface area contributed by atoms with E-state index in [4.69, 9.17) is 0 Å². The lowest BCUT2D eigenvalue weighted by molar-refractivity contribution is 0.607. The highest BCUT2D eigenvalue weighted by molar-refractivity contribution is 9.10. The molecule has 1 fully saturated rings. The van der Waals surface area contributed by atoms with Gasteiger partial charge in [-0.05, 0) is 38.5 Å². The van der Waals surface area contributed by atoms with Crippen LogP contribution in [0.3, 0.4) is 0 Å². The van der Waals surface area contributed by atoms with Crippen molar-refractivity contribution in [2.24, 2.45) is 0 Å². The Labute approximate surface area is 108 Å². The second kappa shape index (κ2) is 4.24. The predicted molar refractivity (Wildman–Crippen MR) is 71.5 cm³/mol. The standard InChI is InChI=1S/C12H16BrNOS/c1-12(2,3)16(15)14-8-11(14)9-4-6-10(13)7-5-9/h4-7,11H,8H2,1-3H3/t11-,14?,16+/m0/s1. The Balaban J connectivity index is 2.07. The summed E-state index contributed by atoms with van der Waals surface area (Å²) >= 11 is 3.42. The molecule has 1 saturated heterocycles. The minimum atomic E-state index is -0.892. The lowest BCUT2D eigenvalue weighted by Crippen LogP contribution is -2.27. The molecule has 1 aliphatic rings.